The number of hydrogen-bond donors (Lipinski definition) is 4. The van der Waals surface area contributed by atoms with Gasteiger partial charge in [0.25, 0.3) is 22.9 Å². The number of fused-ring (bicyclic) bond motifs is 2. The summed E-state index contributed by atoms with van der Waals surface area (Å²) in [4.78, 5) is 84.5. The number of benzene rings is 2. The number of aromatic nitrogens is 2. The Morgan fingerprint density at radius 3 is 1.43 bits per heavy atom. The van der Waals surface area contributed by atoms with Crippen LogP contribution in [-0.2, 0) is 25.9 Å². The molecule has 2 fully saturated rings. The normalized spacial score (nSPS) is 19.1. The smallest absolute Gasteiger partial charge is 0.263 e. The third-order valence-corrected chi connectivity index (χ3v) is 11.5. The highest BCUT2D eigenvalue weighted by Crippen LogP contribution is 2.42. The molecule has 8 rings (SSSR count). The minimum absolute atomic E-state index is 0.0447. The van der Waals surface area contributed by atoms with Gasteiger partial charge in [-0.15, -0.1) is 0 Å². The molecule has 4 heterocycles. The van der Waals surface area contributed by atoms with E-state index >= 15 is 0 Å². The Bertz CT molecular complexity index is 2310. The second kappa shape index (κ2) is 17.2. The van der Waals surface area contributed by atoms with Crippen LogP contribution in [0.25, 0.3) is 0 Å². The van der Waals surface area contributed by atoms with E-state index in [-0.39, 0.29) is 72.7 Å². The Morgan fingerprint density at radius 2 is 1.07 bits per heavy atom. The number of aliphatic hydroxyl groups is 2. The fourth-order valence-corrected chi connectivity index (χ4v) is 7.78. The highest BCUT2D eigenvalue weighted by Gasteiger charge is 2.39. The van der Waals surface area contributed by atoms with Crippen molar-refractivity contribution in [1.82, 2.24) is 19.8 Å². The van der Waals surface area contributed by atoms with Gasteiger partial charge in [-0.05, 0) is 83.0 Å². The first kappa shape index (κ1) is 40.1. The third kappa shape index (κ3) is 8.58. The highest BCUT2D eigenvalue weighted by atomic mass is 16.3. The summed E-state index contributed by atoms with van der Waals surface area (Å²) >= 11 is 0. The molecule has 2 aromatic carbocycles. The molecular formula is C44H46N6O8. The van der Waals surface area contributed by atoms with Crippen molar-refractivity contribution < 1.29 is 29.4 Å². The van der Waals surface area contributed by atoms with Gasteiger partial charge in [-0.3, -0.25) is 38.8 Å². The van der Waals surface area contributed by atoms with Gasteiger partial charge in [0.2, 0.25) is 0 Å². The standard InChI is InChI=1S/2C22H23N3O4/c2*1-23-21(28)18-8-15(20(27)9-14-7-16(14)12-26)11-25(22(18)29)10-13-3-2-4-19-17(13)5-6-24-19/h2*2-4,6,8,11,14,16,26H,5,7,9-10,12H2,1H3,(H,23,28)/t2*14-,16-/m10/s1. The Morgan fingerprint density at radius 1 is 0.655 bits per heavy atom. The van der Waals surface area contributed by atoms with Crippen molar-refractivity contribution in [1.29, 1.82) is 0 Å². The molecule has 4 aromatic rings. The number of aliphatic hydroxyl groups excluding tert-OH is 2. The zero-order chi connectivity index (χ0) is 41.1. The monoisotopic (exact) mass is 786 g/mol. The molecule has 58 heavy (non-hydrogen) atoms. The second-order valence-electron chi connectivity index (χ2n) is 15.3. The molecule has 4 aliphatic rings. The van der Waals surface area contributed by atoms with Crippen LogP contribution in [-0.4, -0.2) is 82.5 Å². The van der Waals surface area contributed by atoms with E-state index < -0.39 is 22.9 Å². The summed E-state index contributed by atoms with van der Waals surface area (Å²) in [5, 5.41) is 23.4. The lowest BCUT2D eigenvalue weighted by molar-refractivity contribution is 0.0948. The minimum atomic E-state index is -0.514. The van der Waals surface area contributed by atoms with Crippen molar-refractivity contribution in [2.75, 3.05) is 27.3 Å². The molecule has 2 aliphatic heterocycles. The fourth-order valence-electron chi connectivity index (χ4n) is 7.78. The molecule has 0 unspecified atom stereocenters. The fraction of sp³-hybridized carbons (Fsp3) is 0.364. The maximum absolute atomic E-state index is 12.9. The van der Waals surface area contributed by atoms with Crippen LogP contribution in [0, 0.1) is 23.7 Å². The van der Waals surface area contributed by atoms with Crippen LogP contribution < -0.4 is 21.8 Å². The maximum Gasteiger partial charge on any atom is 0.263 e. The van der Waals surface area contributed by atoms with Crippen molar-refractivity contribution >= 4 is 47.2 Å². The van der Waals surface area contributed by atoms with E-state index in [1.807, 2.05) is 48.8 Å². The molecule has 2 amide bonds. The number of hydrogen-bond acceptors (Lipinski definition) is 10. The van der Waals surface area contributed by atoms with Gasteiger partial charge in [-0.2, -0.15) is 0 Å². The quantitative estimate of drug-likeness (QED) is 0.139. The van der Waals surface area contributed by atoms with E-state index in [0.29, 0.717) is 36.8 Å². The average molecular weight is 787 g/mol. The number of amides is 2. The van der Waals surface area contributed by atoms with Crippen LogP contribution in [0.4, 0.5) is 11.4 Å². The topological polar surface area (TPSA) is 202 Å². The van der Waals surface area contributed by atoms with Crippen molar-refractivity contribution in [2.24, 2.45) is 33.7 Å². The average Bonchev–Trinajstić information content (AvgIpc) is 4.02. The van der Waals surface area contributed by atoms with Crippen LogP contribution in [0.2, 0.25) is 0 Å². The lowest BCUT2D eigenvalue weighted by Gasteiger charge is -2.13. The predicted octanol–water partition coefficient (Wildman–Crippen LogP) is 3.43. The number of pyridine rings is 2. The molecule has 4 atom stereocenters. The lowest BCUT2D eigenvalue weighted by atomic mass is 10.0. The van der Waals surface area contributed by atoms with Crippen molar-refractivity contribution in [3.8, 4) is 0 Å². The molecule has 0 saturated heterocycles. The van der Waals surface area contributed by atoms with Crippen LogP contribution >= 0.6 is 0 Å². The van der Waals surface area contributed by atoms with Crippen molar-refractivity contribution in [3.63, 3.8) is 0 Å². The number of Topliss-reactive ketones (excluding diaryl/α,β-unsaturated/α-hetero) is 2. The van der Waals surface area contributed by atoms with Crippen LogP contribution in [0.5, 0.6) is 0 Å². The van der Waals surface area contributed by atoms with Gasteiger partial charge < -0.3 is 30.0 Å². The van der Waals surface area contributed by atoms with Gasteiger partial charge in [0.15, 0.2) is 11.6 Å². The highest BCUT2D eigenvalue weighted by molar-refractivity contribution is 6.01. The van der Waals surface area contributed by atoms with Gasteiger partial charge >= 0.3 is 0 Å². The number of aliphatic imine (C=N–C) groups is 2. The third-order valence-electron chi connectivity index (χ3n) is 11.5. The van der Waals surface area contributed by atoms with E-state index in [9.17, 15) is 39.0 Å². The van der Waals surface area contributed by atoms with E-state index in [4.69, 9.17) is 0 Å². The van der Waals surface area contributed by atoms with Crippen LogP contribution in [0.15, 0.2) is 80.5 Å². The molecule has 14 nitrogen and oxygen atoms in total. The summed E-state index contributed by atoms with van der Waals surface area (Å²) in [5.74, 6) is -0.570. The van der Waals surface area contributed by atoms with Crippen molar-refractivity contribution in [2.45, 2.75) is 51.6 Å². The first-order chi connectivity index (χ1) is 28.0. The summed E-state index contributed by atoms with van der Waals surface area (Å²) in [7, 11) is 2.91. The second-order valence-corrected chi connectivity index (χ2v) is 15.3. The number of ketones is 2. The Kier molecular flexibility index (Phi) is 11.9. The van der Waals surface area contributed by atoms with Crippen LogP contribution in [0.3, 0.4) is 0 Å². The largest absolute Gasteiger partial charge is 0.396 e. The molecule has 0 bridgehead atoms. The molecular weight excluding hydrogens is 741 g/mol. The van der Waals surface area contributed by atoms with Crippen LogP contribution in [0.1, 0.15) is 89.4 Å². The number of rotatable bonds is 14. The molecule has 2 saturated carbocycles. The Labute approximate surface area is 334 Å². The summed E-state index contributed by atoms with van der Waals surface area (Å²) in [6, 6.07) is 14.3. The molecule has 4 N–H and O–H groups in total. The molecule has 2 aliphatic carbocycles. The van der Waals surface area contributed by atoms with Crippen molar-refractivity contribution in [3.05, 3.63) is 126 Å². The molecule has 300 valence electrons. The molecule has 0 radical (unpaired) electrons. The van der Waals surface area contributed by atoms with E-state index in [0.717, 1.165) is 46.5 Å². The van der Waals surface area contributed by atoms with Gasteiger partial charge in [0.05, 0.1) is 24.5 Å². The van der Waals surface area contributed by atoms with Gasteiger partial charge in [-0.1, -0.05) is 24.3 Å². The summed E-state index contributed by atoms with van der Waals surface area (Å²) < 4.78 is 2.87. The van der Waals surface area contributed by atoms with Gasteiger partial charge in [0, 0.05) is 88.9 Å². The molecule has 14 heteroatoms. The lowest BCUT2D eigenvalue weighted by Crippen LogP contribution is -2.32. The first-order valence-electron chi connectivity index (χ1n) is 19.5. The number of carbonyl (C=O) groups excluding carboxylic acids is 4. The summed E-state index contributed by atoms with van der Waals surface area (Å²) in [6.07, 6.45) is 10.4. The number of carbonyl (C=O) groups is 4. The summed E-state index contributed by atoms with van der Waals surface area (Å²) in [5.41, 5.74) is 5.50. The minimum Gasteiger partial charge on any atom is -0.396 e. The summed E-state index contributed by atoms with van der Waals surface area (Å²) in [6.45, 7) is 0.697. The Hall–Kier alpha value is -6.12. The van der Waals surface area contributed by atoms with E-state index in [1.165, 1.54) is 35.4 Å². The Balaban J connectivity index is 0.000000177. The maximum atomic E-state index is 12.9. The zero-order valence-electron chi connectivity index (χ0n) is 32.4. The zero-order valence-corrected chi connectivity index (χ0v) is 32.4. The molecule has 2 aromatic heterocycles. The van der Waals surface area contributed by atoms with Gasteiger partial charge in [-0.25, -0.2) is 0 Å². The van der Waals surface area contributed by atoms with Gasteiger partial charge in [0.1, 0.15) is 11.1 Å². The van der Waals surface area contributed by atoms with E-state index in [1.54, 1.807) is 12.4 Å². The predicted molar refractivity (Wildman–Crippen MR) is 218 cm³/mol. The molecule has 0 spiro atoms. The SMILES string of the molecule is CNC(=O)c1cc(C(=O)C[C@@H]2C[C@H]2CO)cn(Cc2cccc3c2CC=N3)c1=O.CNC(=O)c1cc(C(=O)C[C@H]2C[C@@H]2CO)cn(Cc2cccc3c2CC=N3)c1=O. The number of nitrogens with zero attached hydrogens (tertiary/aromatic N) is 4. The van der Waals surface area contributed by atoms with E-state index in [2.05, 4.69) is 20.6 Å². The first-order valence-corrected chi connectivity index (χ1v) is 19.5. The number of nitrogens with one attached hydrogen (secondary N) is 2.